The largest absolute Gasteiger partial charge is 0.463 e. The Bertz CT molecular complexity index is 1380. The highest BCUT2D eigenvalue weighted by Crippen LogP contribution is 2.23. The molecule has 0 fully saturated rings. The Morgan fingerprint density at radius 1 is 1.03 bits per heavy atom. The van der Waals surface area contributed by atoms with Gasteiger partial charge in [0, 0.05) is 19.0 Å². The minimum atomic E-state index is -0.740. The van der Waals surface area contributed by atoms with E-state index in [9.17, 15) is 23.6 Å². The summed E-state index contributed by atoms with van der Waals surface area (Å²) in [5.41, 5.74) is 0.179. The number of esters is 1. The second-order valence-corrected chi connectivity index (χ2v) is 10.1. The van der Waals surface area contributed by atoms with Gasteiger partial charge in [-0.1, -0.05) is 18.6 Å². The molecule has 2 N–H and O–H groups in total. The summed E-state index contributed by atoms with van der Waals surface area (Å²) in [4.78, 5) is 48.9. The molecule has 0 radical (unpaired) electrons. The van der Waals surface area contributed by atoms with Crippen LogP contribution in [0.1, 0.15) is 53.4 Å². The summed E-state index contributed by atoms with van der Waals surface area (Å²) in [5.74, 6) is -0.905. The smallest absolute Gasteiger partial charge is 0.408 e. The maximum absolute atomic E-state index is 13.2. The van der Waals surface area contributed by atoms with Gasteiger partial charge in [-0.2, -0.15) is 0 Å². The van der Waals surface area contributed by atoms with E-state index in [0.717, 1.165) is 0 Å². The van der Waals surface area contributed by atoms with E-state index in [4.69, 9.17) is 13.9 Å². The van der Waals surface area contributed by atoms with Gasteiger partial charge in [0.15, 0.2) is 5.43 Å². The monoisotopic (exact) mass is 540 g/mol. The molecule has 0 bridgehead atoms. The van der Waals surface area contributed by atoms with E-state index < -0.39 is 29.5 Å². The number of nitrogens with one attached hydrogen (secondary N) is 2. The average molecular weight is 541 g/mol. The number of halogens is 1. The van der Waals surface area contributed by atoms with E-state index in [1.807, 2.05) is 0 Å². The summed E-state index contributed by atoms with van der Waals surface area (Å²) in [6, 6.07) is 9.33. The molecule has 9 nitrogen and oxygen atoms in total. The normalized spacial score (nSPS) is 12.0. The number of fused-ring (bicyclic) bond motifs is 1. The Morgan fingerprint density at radius 2 is 1.74 bits per heavy atom. The molecule has 208 valence electrons. The molecule has 0 saturated carbocycles. The standard InChI is InChI=1S/C29H33FN2O7/c1-18(32-28(36)39-29(2,3)4)27(35)31-15-7-5-6-8-25(33)38-21-13-14-22-24(16-21)37-17-23(26(22)34)19-9-11-20(30)12-10-19/h9-14,16-18H,5-8,15H2,1-4H3,(H,31,35)(H,32,36). The quantitative estimate of drug-likeness (QED) is 0.208. The molecule has 2 amide bonds. The molecule has 0 aliphatic rings. The molecule has 10 heteroatoms. The Morgan fingerprint density at radius 3 is 2.44 bits per heavy atom. The number of ether oxygens (including phenoxy) is 2. The van der Waals surface area contributed by atoms with Crippen molar-refractivity contribution in [1.82, 2.24) is 10.6 Å². The third-order valence-corrected chi connectivity index (χ3v) is 5.62. The van der Waals surface area contributed by atoms with Crippen molar-refractivity contribution in [1.29, 1.82) is 0 Å². The lowest BCUT2D eigenvalue weighted by molar-refractivity contribution is -0.134. The van der Waals surface area contributed by atoms with Crippen LogP contribution in [0.3, 0.4) is 0 Å². The van der Waals surface area contributed by atoms with Gasteiger partial charge in [-0.3, -0.25) is 14.4 Å². The molecule has 39 heavy (non-hydrogen) atoms. The van der Waals surface area contributed by atoms with Crippen molar-refractivity contribution in [3.05, 3.63) is 64.8 Å². The first-order valence-electron chi connectivity index (χ1n) is 12.7. The van der Waals surface area contributed by atoms with Gasteiger partial charge in [0.25, 0.3) is 0 Å². The molecule has 3 rings (SSSR count). The van der Waals surface area contributed by atoms with Crippen molar-refractivity contribution in [3.8, 4) is 16.9 Å². The van der Waals surface area contributed by atoms with Gasteiger partial charge < -0.3 is 24.5 Å². The molecule has 0 spiro atoms. The number of hydrogen-bond acceptors (Lipinski definition) is 7. The van der Waals surface area contributed by atoms with Crippen LogP contribution in [0.2, 0.25) is 0 Å². The Labute approximate surface area is 225 Å². The number of carbonyl (C=O) groups is 3. The number of benzene rings is 2. The highest BCUT2D eigenvalue weighted by atomic mass is 19.1. The molecule has 1 unspecified atom stereocenters. The summed E-state index contributed by atoms with van der Waals surface area (Å²) < 4.78 is 29.3. The van der Waals surface area contributed by atoms with Gasteiger partial charge >= 0.3 is 12.1 Å². The minimum Gasteiger partial charge on any atom is -0.463 e. The van der Waals surface area contributed by atoms with Crippen LogP contribution >= 0.6 is 0 Å². The van der Waals surface area contributed by atoms with E-state index in [1.165, 1.54) is 48.7 Å². The van der Waals surface area contributed by atoms with Gasteiger partial charge in [0.05, 0.1) is 10.9 Å². The highest BCUT2D eigenvalue weighted by molar-refractivity contribution is 5.85. The third-order valence-electron chi connectivity index (χ3n) is 5.62. The van der Waals surface area contributed by atoms with Crippen molar-refractivity contribution in [2.45, 2.75) is 65.0 Å². The molecule has 1 aromatic heterocycles. The molecule has 1 heterocycles. The fraction of sp³-hybridized carbons (Fsp3) is 0.379. The van der Waals surface area contributed by atoms with Crippen molar-refractivity contribution >= 4 is 28.9 Å². The number of alkyl carbamates (subject to hydrolysis) is 1. The predicted molar refractivity (Wildman–Crippen MR) is 144 cm³/mol. The maximum atomic E-state index is 13.2. The zero-order valence-corrected chi connectivity index (χ0v) is 22.5. The van der Waals surface area contributed by atoms with Gasteiger partial charge in [0.1, 0.15) is 35.1 Å². The maximum Gasteiger partial charge on any atom is 0.408 e. The lowest BCUT2D eigenvalue weighted by Gasteiger charge is -2.21. The van der Waals surface area contributed by atoms with E-state index in [0.29, 0.717) is 42.3 Å². The predicted octanol–water partition coefficient (Wildman–Crippen LogP) is 5.09. The SMILES string of the molecule is CC(NC(=O)OC(C)(C)C)C(=O)NCCCCCC(=O)Oc1ccc2c(=O)c(-c3ccc(F)cc3)coc2c1. The van der Waals surface area contributed by atoms with Crippen LogP contribution < -0.4 is 20.8 Å². The molecular formula is C29H33FN2O7. The van der Waals surface area contributed by atoms with Gasteiger partial charge in [-0.15, -0.1) is 0 Å². The van der Waals surface area contributed by atoms with Crippen LogP contribution in [0, 0.1) is 5.82 Å². The first-order valence-corrected chi connectivity index (χ1v) is 12.7. The van der Waals surface area contributed by atoms with Gasteiger partial charge in [-0.25, -0.2) is 9.18 Å². The molecular weight excluding hydrogens is 507 g/mol. The molecule has 0 saturated heterocycles. The van der Waals surface area contributed by atoms with Crippen molar-refractivity contribution < 1.29 is 32.7 Å². The summed E-state index contributed by atoms with van der Waals surface area (Å²) in [6.45, 7) is 7.18. The number of carbonyl (C=O) groups excluding carboxylic acids is 3. The molecule has 1 atom stereocenters. The fourth-order valence-electron chi connectivity index (χ4n) is 3.67. The molecule has 0 aliphatic heterocycles. The van der Waals surface area contributed by atoms with E-state index in [2.05, 4.69) is 10.6 Å². The first kappa shape index (κ1) is 29.3. The Balaban J connectivity index is 1.40. The minimum absolute atomic E-state index is 0.177. The highest BCUT2D eigenvalue weighted by Gasteiger charge is 2.20. The number of amides is 2. The number of rotatable bonds is 10. The fourth-order valence-corrected chi connectivity index (χ4v) is 3.67. The van der Waals surface area contributed by atoms with Crippen LogP contribution in [0.4, 0.5) is 9.18 Å². The lowest BCUT2D eigenvalue weighted by Crippen LogP contribution is -2.46. The van der Waals surface area contributed by atoms with Crippen LogP contribution in [0.15, 0.2) is 57.9 Å². The van der Waals surface area contributed by atoms with E-state index >= 15 is 0 Å². The van der Waals surface area contributed by atoms with Gasteiger partial charge in [-0.05, 0) is 70.4 Å². The second-order valence-electron chi connectivity index (χ2n) is 10.1. The zero-order chi connectivity index (χ0) is 28.6. The van der Waals surface area contributed by atoms with Crippen molar-refractivity contribution in [2.75, 3.05) is 6.54 Å². The third kappa shape index (κ3) is 8.94. The summed E-state index contributed by atoms with van der Waals surface area (Å²) >= 11 is 0. The Hall–Kier alpha value is -4.21. The second kappa shape index (κ2) is 13.0. The van der Waals surface area contributed by atoms with Crippen LogP contribution in [-0.2, 0) is 14.3 Å². The number of unbranched alkanes of at least 4 members (excludes halogenated alkanes) is 2. The van der Waals surface area contributed by atoms with Crippen LogP contribution in [0.5, 0.6) is 5.75 Å². The summed E-state index contributed by atoms with van der Waals surface area (Å²) in [5, 5.41) is 5.53. The molecule has 2 aromatic carbocycles. The van der Waals surface area contributed by atoms with Crippen molar-refractivity contribution in [2.24, 2.45) is 0 Å². The lowest BCUT2D eigenvalue weighted by atomic mass is 10.1. The van der Waals surface area contributed by atoms with Gasteiger partial charge in [0.2, 0.25) is 5.91 Å². The average Bonchev–Trinajstić information content (AvgIpc) is 2.85. The van der Waals surface area contributed by atoms with Crippen molar-refractivity contribution in [3.63, 3.8) is 0 Å². The zero-order valence-electron chi connectivity index (χ0n) is 22.5. The van der Waals surface area contributed by atoms with E-state index in [1.54, 1.807) is 27.7 Å². The van der Waals surface area contributed by atoms with Crippen LogP contribution in [0.25, 0.3) is 22.1 Å². The summed E-state index contributed by atoms with van der Waals surface area (Å²) in [7, 11) is 0. The summed E-state index contributed by atoms with van der Waals surface area (Å²) in [6.07, 6.45) is 2.71. The topological polar surface area (TPSA) is 124 Å². The first-order chi connectivity index (χ1) is 18.4. The molecule has 3 aromatic rings. The van der Waals surface area contributed by atoms with Crippen LogP contribution in [-0.4, -0.2) is 36.2 Å². The Kier molecular flexibility index (Phi) is 9.81. The molecule has 0 aliphatic carbocycles. The number of hydrogen-bond donors (Lipinski definition) is 2. The van der Waals surface area contributed by atoms with E-state index in [-0.39, 0.29) is 29.1 Å².